The van der Waals surface area contributed by atoms with Gasteiger partial charge in [-0.15, -0.1) is 0 Å². The summed E-state index contributed by atoms with van der Waals surface area (Å²) < 4.78 is 33.8. The zero-order valence-electron chi connectivity index (χ0n) is 16.7. The van der Waals surface area contributed by atoms with Gasteiger partial charge in [-0.3, -0.25) is 0 Å². The van der Waals surface area contributed by atoms with Crippen LogP contribution in [0, 0.1) is 35.3 Å². The summed E-state index contributed by atoms with van der Waals surface area (Å²) in [5, 5.41) is 0. The molecule has 3 aliphatic rings. The quantitative estimate of drug-likeness (QED) is 0.508. The lowest BCUT2D eigenvalue weighted by Gasteiger charge is -2.30. The van der Waals surface area contributed by atoms with Crippen LogP contribution < -0.4 is 4.74 Å². The van der Waals surface area contributed by atoms with Gasteiger partial charge in [0.1, 0.15) is 0 Å². The van der Waals surface area contributed by atoms with Gasteiger partial charge in [0.2, 0.25) is 5.82 Å². The largest absolute Gasteiger partial charge is 0.491 e. The molecule has 4 rings (SSSR count). The predicted molar refractivity (Wildman–Crippen MR) is 105 cm³/mol. The Balaban J connectivity index is 1.28. The summed E-state index contributed by atoms with van der Waals surface area (Å²) in [5.74, 6) is 2.54. The first kappa shape index (κ1) is 19.2. The summed E-state index contributed by atoms with van der Waals surface area (Å²) in [6.07, 6.45) is 14.4. The summed E-state index contributed by atoms with van der Waals surface area (Å²) >= 11 is 0. The molecule has 3 saturated carbocycles. The lowest BCUT2D eigenvalue weighted by molar-refractivity contribution is 0.257. The van der Waals surface area contributed by atoms with E-state index in [9.17, 15) is 8.78 Å². The van der Waals surface area contributed by atoms with Gasteiger partial charge in [-0.1, -0.05) is 25.3 Å². The van der Waals surface area contributed by atoms with E-state index in [2.05, 4.69) is 0 Å². The van der Waals surface area contributed by atoms with Crippen molar-refractivity contribution < 1.29 is 13.5 Å². The molecule has 0 saturated heterocycles. The molecule has 3 unspecified atom stereocenters. The number of hydrogen-bond donors (Lipinski definition) is 0. The zero-order chi connectivity index (χ0) is 18.8. The number of fused-ring (bicyclic) bond motifs is 1. The Bertz CT molecular complexity index is 636. The maximum absolute atomic E-state index is 14.5. The lowest BCUT2D eigenvalue weighted by Crippen LogP contribution is -2.17. The van der Waals surface area contributed by atoms with E-state index in [-0.39, 0.29) is 11.7 Å². The van der Waals surface area contributed by atoms with Crippen molar-refractivity contribution >= 4 is 0 Å². The van der Waals surface area contributed by atoms with Crippen LogP contribution in [0.1, 0.15) is 89.0 Å². The lowest BCUT2D eigenvalue weighted by atomic mass is 9.75. The van der Waals surface area contributed by atoms with Gasteiger partial charge < -0.3 is 4.74 Å². The molecule has 0 N–H and O–H groups in total. The highest BCUT2D eigenvalue weighted by atomic mass is 19.2. The molecule has 3 aliphatic carbocycles. The molecule has 0 radical (unpaired) electrons. The minimum atomic E-state index is -0.816. The topological polar surface area (TPSA) is 9.23 Å². The van der Waals surface area contributed by atoms with Crippen LogP contribution >= 0.6 is 0 Å². The SMILES string of the molecule is CCOc1ccc(C2CCC(CCC3CCC4CCCC43)CC2)c(F)c1F. The Kier molecular flexibility index (Phi) is 6.04. The zero-order valence-corrected chi connectivity index (χ0v) is 16.7. The van der Waals surface area contributed by atoms with Crippen molar-refractivity contribution in [3.8, 4) is 5.75 Å². The fraction of sp³-hybridized carbons (Fsp3) is 0.750. The smallest absolute Gasteiger partial charge is 0.200 e. The van der Waals surface area contributed by atoms with E-state index < -0.39 is 11.6 Å². The normalized spacial score (nSPS) is 33.2. The van der Waals surface area contributed by atoms with Crippen molar-refractivity contribution in [2.75, 3.05) is 6.61 Å². The highest BCUT2D eigenvalue weighted by molar-refractivity contribution is 5.33. The molecule has 3 atom stereocenters. The van der Waals surface area contributed by atoms with Crippen molar-refractivity contribution in [2.24, 2.45) is 23.7 Å². The molecule has 0 bridgehead atoms. The second-order valence-corrected chi connectivity index (χ2v) is 9.20. The van der Waals surface area contributed by atoms with Crippen molar-refractivity contribution in [2.45, 2.75) is 83.5 Å². The summed E-state index contributed by atoms with van der Waals surface area (Å²) in [7, 11) is 0. The molecule has 1 aromatic rings. The number of rotatable bonds is 6. The molecule has 1 aromatic carbocycles. The highest BCUT2D eigenvalue weighted by Gasteiger charge is 2.39. The molecular formula is C24H34F2O. The van der Waals surface area contributed by atoms with Crippen LogP contribution in [0.4, 0.5) is 8.78 Å². The van der Waals surface area contributed by atoms with E-state index in [4.69, 9.17) is 4.74 Å². The Hall–Kier alpha value is -1.12. The highest BCUT2D eigenvalue weighted by Crippen LogP contribution is 2.50. The third-order valence-electron chi connectivity index (χ3n) is 7.84. The van der Waals surface area contributed by atoms with Crippen molar-refractivity contribution in [3.05, 3.63) is 29.3 Å². The minimum absolute atomic E-state index is 0.0363. The monoisotopic (exact) mass is 376 g/mol. The van der Waals surface area contributed by atoms with Crippen LogP contribution in [-0.4, -0.2) is 6.61 Å². The first-order valence-corrected chi connectivity index (χ1v) is 11.3. The third-order valence-corrected chi connectivity index (χ3v) is 7.84. The Morgan fingerprint density at radius 2 is 1.70 bits per heavy atom. The second-order valence-electron chi connectivity index (χ2n) is 9.20. The van der Waals surface area contributed by atoms with E-state index in [1.54, 1.807) is 19.1 Å². The van der Waals surface area contributed by atoms with Crippen LogP contribution in [0.25, 0.3) is 0 Å². The van der Waals surface area contributed by atoms with Gasteiger partial charge in [-0.05, 0) is 99.5 Å². The van der Waals surface area contributed by atoms with Gasteiger partial charge >= 0.3 is 0 Å². The molecule has 150 valence electrons. The molecule has 27 heavy (non-hydrogen) atoms. The van der Waals surface area contributed by atoms with Crippen molar-refractivity contribution in [1.29, 1.82) is 0 Å². The van der Waals surface area contributed by atoms with Crippen LogP contribution in [0.3, 0.4) is 0 Å². The Morgan fingerprint density at radius 1 is 0.889 bits per heavy atom. The van der Waals surface area contributed by atoms with Crippen LogP contribution in [-0.2, 0) is 0 Å². The molecule has 0 spiro atoms. The van der Waals surface area contributed by atoms with E-state index in [0.717, 1.165) is 36.5 Å². The van der Waals surface area contributed by atoms with E-state index in [0.29, 0.717) is 12.2 Å². The summed E-state index contributed by atoms with van der Waals surface area (Å²) in [6, 6.07) is 3.34. The molecule has 3 heteroatoms. The van der Waals surface area contributed by atoms with E-state index in [1.165, 1.54) is 57.8 Å². The number of benzene rings is 1. The minimum Gasteiger partial charge on any atom is -0.491 e. The second kappa shape index (κ2) is 8.49. The van der Waals surface area contributed by atoms with Gasteiger partial charge in [0.25, 0.3) is 0 Å². The number of hydrogen-bond acceptors (Lipinski definition) is 1. The Labute approximate surface area is 162 Å². The molecule has 0 heterocycles. The number of ether oxygens (including phenoxy) is 1. The van der Waals surface area contributed by atoms with Crippen molar-refractivity contribution in [1.82, 2.24) is 0 Å². The van der Waals surface area contributed by atoms with E-state index >= 15 is 0 Å². The summed E-state index contributed by atoms with van der Waals surface area (Å²) in [5.41, 5.74) is 0.555. The van der Waals surface area contributed by atoms with Gasteiger partial charge in [0.05, 0.1) is 6.61 Å². The average Bonchev–Trinajstić information content (AvgIpc) is 3.29. The first-order chi connectivity index (χ1) is 13.2. The van der Waals surface area contributed by atoms with Gasteiger partial charge in [0, 0.05) is 0 Å². The van der Waals surface area contributed by atoms with Crippen LogP contribution in [0.15, 0.2) is 12.1 Å². The molecule has 1 nitrogen and oxygen atoms in total. The maximum Gasteiger partial charge on any atom is 0.200 e. The Morgan fingerprint density at radius 3 is 2.48 bits per heavy atom. The summed E-state index contributed by atoms with van der Waals surface area (Å²) in [6.45, 7) is 2.13. The van der Waals surface area contributed by atoms with Gasteiger partial charge in [-0.25, -0.2) is 4.39 Å². The standard InChI is InChI=1S/C24H34F2O/c1-2-27-22-15-14-21(23(25)24(22)26)19-10-7-16(8-11-19)6-9-18-13-12-17-4-3-5-20(17)18/h14-20H,2-13H2,1H3. The fourth-order valence-corrected chi connectivity index (χ4v) is 6.39. The molecule has 0 aromatic heterocycles. The van der Waals surface area contributed by atoms with Crippen LogP contribution in [0.5, 0.6) is 5.75 Å². The van der Waals surface area contributed by atoms with Gasteiger partial charge in [0.15, 0.2) is 11.6 Å². The molecule has 3 fully saturated rings. The first-order valence-electron chi connectivity index (χ1n) is 11.3. The van der Waals surface area contributed by atoms with Crippen molar-refractivity contribution in [3.63, 3.8) is 0 Å². The van der Waals surface area contributed by atoms with E-state index in [1.807, 2.05) is 0 Å². The molecular weight excluding hydrogens is 342 g/mol. The molecule has 0 aliphatic heterocycles. The maximum atomic E-state index is 14.5. The summed E-state index contributed by atoms with van der Waals surface area (Å²) in [4.78, 5) is 0. The third kappa shape index (κ3) is 4.03. The average molecular weight is 377 g/mol. The van der Waals surface area contributed by atoms with Gasteiger partial charge in [-0.2, -0.15) is 4.39 Å². The van der Waals surface area contributed by atoms with Crippen LogP contribution in [0.2, 0.25) is 0 Å². The predicted octanol–water partition coefficient (Wildman–Crippen LogP) is 7.24. The fourth-order valence-electron chi connectivity index (χ4n) is 6.39. The molecule has 0 amide bonds. The number of halogens is 2.